The van der Waals surface area contributed by atoms with Crippen molar-refractivity contribution in [2.75, 3.05) is 45.2 Å². The van der Waals surface area contributed by atoms with Crippen LogP contribution in [0, 0.1) is 0 Å². The monoisotopic (exact) mass is 224 g/mol. The zero-order valence-electron chi connectivity index (χ0n) is 7.96. The molecule has 1 aliphatic rings. The van der Waals surface area contributed by atoms with Crippen molar-refractivity contribution in [3.05, 3.63) is 0 Å². The van der Waals surface area contributed by atoms with Crippen molar-refractivity contribution >= 4 is 10.1 Å². The fourth-order valence-corrected chi connectivity index (χ4v) is 1.89. The summed E-state index contributed by atoms with van der Waals surface area (Å²) < 4.78 is 29.5. The molecule has 1 rings (SSSR count). The van der Waals surface area contributed by atoms with E-state index in [1.165, 1.54) is 0 Å². The molecular formula is C7H16N2O4S. The second-order valence-corrected chi connectivity index (χ2v) is 4.96. The largest absolute Gasteiger partial charge is 0.381 e. The molecule has 6 nitrogen and oxygen atoms in total. The summed E-state index contributed by atoms with van der Waals surface area (Å²) in [6, 6.07) is 0. The molecule has 0 aromatic heterocycles. The first-order valence-corrected chi connectivity index (χ1v) is 6.13. The Labute approximate surface area is 83.9 Å². The Bertz CT molecular complexity index is 259. The second kappa shape index (κ2) is 5.04. The lowest BCUT2D eigenvalue weighted by molar-refractivity contribution is 0.0564. The van der Waals surface area contributed by atoms with E-state index in [9.17, 15) is 8.42 Å². The zero-order valence-corrected chi connectivity index (χ0v) is 8.78. The molecule has 0 bridgehead atoms. The molecule has 0 spiro atoms. The van der Waals surface area contributed by atoms with Crippen molar-refractivity contribution in [3.8, 4) is 0 Å². The molecule has 1 heterocycles. The molecule has 1 aliphatic heterocycles. The van der Waals surface area contributed by atoms with Crippen LogP contribution in [0.5, 0.6) is 0 Å². The van der Waals surface area contributed by atoms with Crippen LogP contribution in [0.2, 0.25) is 0 Å². The van der Waals surface area contributed by atoms with Crippen molar-refractivity contribution in [1.82, 2.24) is 9.80 Å². The van der Waals surface area contributed by atoms with Crippen LogP contribution in [0.1, 0.15) is 0 Å². The Hall–Kier alpha value is -0.210. The summed E-state index contributed by atoms with van der Waals surface area (Å²) in [5.41, 5.74) is 0. The van der Waals surface area contributed by atoms with E-state index in [-0.39, 0.29) is 12.5 Å². The van der Waals surface area contributed by atoms with Gasteiger partial charge in [0.1, 0.15) is 0 Å². The number of aliphatic hydroxyl groups excluding tert-OH is 1. The van der Waals surface area contributed by atoms with E-state index in [2.05, 4.69) is 0 Å². The molecule has 1 fully saturated rings. The number of rotatable bonds is 4. The van der Waals surface area contributed by atoms with Crippen LogP contribution in [0.15, 0.2) is 0 Å². The van der Waals surface area contributed by atoms with Gasteiger partial charge in [-0.25, -0.2) is 0 Å². The van der Waals surface area contributed by atoms with Gasteiger partial charge in [0.2, 0.25) is 0 Å². The summed E-state index contributed by atoms with van der Waals surface area (Å²) in [7, 11) is -3.85. The summed E-state index contributed by atoms with van der Waals surface area (Å²) in [5, 5.41) is 8.81. The molecule has 0 aliphatic carbocycles. The minimum atomic E-state index is -3.85. The first-order valence-electron chi connectivity index (χ1n) is 4.52. The molecular weight excluding hydrogens is 208 g/mol. The molecule has 14 heavy (non-hydrogen) atoms. The van der Waals surface area contributed by atoms with Gasteiger partial charge < -0.3 is 5.11 Å². The fraction of sp³-hybridized carbons (Fsp3) is 1.00. The van der Waals surface area contributed by atoms with Gasteiger partial charge in [-0.3, -0.25) is 14.4 Å². The maximum absolute atomic E-state index is 10.5. The number of hydrogen-bond acceptors (Lipinski definition) is 5. The highest BCUT2D eigenvalue weighted by Gasteiger charge is 2.17. The lowest BCUT2D eigenvalue weighted by Crippen LogP contribution is -2.47. The van der Waals surface area contributed by atoms with Gasteiger partial charge in [-0.15, -0.1) is 0 Å². The van der Waals surface area contributed by atoms with Gasteiger partial charge in [0.25, 0.3) is 10.1 Å². The molecule has 0 aromatic rings. The van der Waals surface area contributed by atoms with Crippen molar-refractivity contribution in [2.24, 2.45) is 0 Å². The SMILES string of the molecule is O=S(=O)(O)CCN1CCN(CO)CC1. The average Bonchev–Trinajstić information content (AvgIpc) is 2.14. The van der Waals surface area contributed by atoms with Crippen LogP contribution in [0.25, 0.3) is 0 Å². The van der Waals surface area contributed by atoms with E-state index >= 15 is 0 Å². The van der Waals surface area contributed by atoms with Gasteiger partial charge in [-0.2, -0.15) is 8.42 Å². The minimum absolute atomic E-state index is 0.0478. The van der Waals surface area contributed by atoms with Gasteiger partial charge in [0, 0.05) is 32.7 Å². The summed E-state index contributed by atoms with van der Waals surface area (Å²) in [4.78, 5) is 3.84. The molecule has 2 N–H and O–H groups in total. The highest BCUT2D eigenvalue weighted by Crippen LogP contribution is 2.00. The Balaban J connectivity index is 2.23. The Morgan fingerprint density at radius 1 is 1.07 bits per heavy atom. The van der Waals surface area contributed by atoms with Crippen LogP contribution in [0.3, 0.4) is 0 Å². The van der Waals surface area contributed by atoms with Crippen molar-refractivity contribution in [3.63, 3.8) is 0 Å². The number of nitrogens with zero attached hydrogens (tertiary/aromatic N) is 2. The lowest BCUT2D eigenvalue weighted by atomic mass is 10.3. The van der Waals surface area contributed by atoms with Gasteiger partial charge in [0.15, 0.2) is 0 Å². The van der Waals surface area contributed by atoms with Gasteiger partial charge >= 0.3 is 0 Å². The van der Waals surface area contributed by atoms with Crippen molar-refractivity contribution in [1.29, 1.82) is 0 Å². The Morgan fingerprint density at radius 2 is 1.57 bits per heavy atom. The normalized spacial score (nSPS) is 21.3. The van der Waals surface area contributed by atoms with Crippen LogP contribution in [-0.4, -0.2) is 73.1 Å². The Kier molecular flexibility index (Phi) is 4.27. The van der Waals surface area contributed by atoms with Gasteiger partial charge in [0.05, 0.1) is 12.5 Å². The molecule has 7 heteroatoms. The number of aliphatic hydroxyl groups is 1. The third-order valence-corrected chi connectivity index (χ3v) is 3.03. The highest BCUT2D eigenvalue weighted by molar-refractivity contribution is 7.85. The predicted octanol–water partition coefficient (Wildman–Crippen LogP) is -1.56. The van der Waals surface area contributed by atoms with E-state index in [1.807, 2.05) is 9.80 Å². The maximum atomic E-state index is 10.5. The molecule has 0 aromatic carbocycles. The quantitative estimate of drug-likeness (QED) is 0.562. The summed E-state index contributed by atoms with van der Waals surface area (Å²) >= 11 is 0. The third-order valence-electron chi connectivity index (χ3n) is 2.33. The highest BCUT2D eigenvalue weighted by atomic mass is 32.2. The first kappa shape index (κ1) is 11.9. The minimum Gasteiger partial charge on any atom is -0.381 e. The van der Waals surface area contributed by atoms with E-state index in [1.54, 1.807) is 0 Å². The molecule has 0 atom stereocenters. The molecule has 0 amide bonds. The van der Waals surface area contributed by atoms with E-state index in [4.69, 9.17) is 9.66 Å². The van der Waals surface area contributed by atoms with Crippen LogP contribution < -0.4 is 0 Å². The van der Waals surface area contributed by atoms with E-state index < -0.39 is 10.1 Å². The summed E-state index contributed by atoms with van der Waals surface area (Å²) in [6.45, 7) is 3.35. The second-order valence-electron chi connectivity index (χ2n) is 3.39. The molecule has 0 unspecified atom stereocenters. The van der Waals surface area contributed by atoms with Crippen molar-refractivity contribution in [2.45, 2.75) is 0 Å². The molecule has 84 valence electrons. The average molecular weight is 224 g/mol. The maximum Gasteiger partial charge on any atom is 0.266 e. The molecule has 0 saturated carbocycles. The van der Waals surface area contributed by atoms with E-state index in [0.717, 1.165) is 26.2 Å². The first-order chi connectivity index (χ1) is 6.51. The van der Waals surface area contributed by atoms with Crippen molar-refractivity contribution < 1.29 is 18.1 Å². The lowest BCUT2D eigenvalue weighted by Gasteiger charge is -2.33. The van der Waals surface area contributed by atoms with Crippen LogP contribution >= 0.6 is 0 Å². The van der Waals surface area contributed by atoms with E-state index in [0.29, 0.717) is 6.54 Å². The number of hydrogen-bond donors (Lipinski definition) is 2. The smallest absolute Gasteiger partial charge is 0.266 e. The topological polar surface area (TPSA) is 81.1 Å². The predicted molar refractivity (Wildman–Crippen MR) is 51.5 cm³/mol. The van der Waals surface area contributed by atoms with Crippen LogP contribution in [-0.2, 0) is 10.1 Å². The zero-order chi connectivity index (χ0) is 10.6. The third kappa shape index (κ3) is 4.34. The fourth-order valence-electron chi connectivity index (χ4n) is 1.40. The van der Waals surface area contributed by atoms with Gasteiger partial charge in [-0.1, -0.05) is 0 Å². The standard InChI is InChI=1S/C7H16N2O4S/c10-7-9-3-1-8(2-4-9)5-6-14(11,12)13/h10H,1-7H2,(H,11,12,13). The molecule has 0 radical (unpaired) electrons. The summed E-state index contributed by atoms with van der Waals surface area (Å²) in [5.74, 6) is -0.216. The number of piperazine rings is 1. The molecule has 1 saturated heterocycles. The Morgan fingerprint density at radius 3 is 2.00 bits per heavy atom. The summed E-state index contributed by atoms with van der Waals surface area (Å²) in [6.07, 6.45) is 0. The van der Waals surface area contributed by atoms with Crippen LogP contribution in [0.4, 0.5) is 0 Å². The van der Waals surface area contributed by atoms with Gasteiger partial charge in [-0.05, 0) is 0 Å².